The Morgan fingerprint density at radius 2 is 2.00 bits per heavy atom. The Labute approximate surface area is 124 Å². The van der Waals surface area contributed by atoms with Gasteiger partial charge in [-0.05, 0) is 31.2 Å². The Hall–Kier alpha value is -1.97. The van der Waals surface area contributed by atoms with E-state index in [0.29, 0.717) is 17.9 Å². The SMILES string of the molecule is CCc1ncnc(N2CCCC[C@@H]2c2ccccc2)c1F. The highest BCUT2D eigenvalue weighted by atomic mass is 19.1. The summed E-state index contributed by atoms with van der Waals surface area (Å²) in [4.78, 5) is 10.4. The van der Waals surface area contributed by atoms with E-state index in [9.17, 15) is 4.39 Å². The van der Waals surface area contributed by atoms with Crippen molar-refractivity contribution >= 4 is 5.82 Å². The van der Waals surface area contributed by atoms with Gasteiger partial charge in [0.25, 0.3) is 0 Å². The van der Waals surface area contributed by atoms with Crippen molar-refractivity contribution in [3.63, 3.8) is 0 Å². The third-order valence-corrected chi connectivity index (χ3v) is 4.14. The minimum absolute atomic E-state index is 0.203. The fourth-order valence-electron chi connectivity index (χ4n) is 3.05. The summed E-state index contributed by atoms with van der Waals surface area (Å²) in [6, 6.07) is 10.5. The number of nitrogens with zero attached hydrogens (tertiary/aromatic N) is 3. The fraction of sp³-hybridized carbons (Fsp3) is 0.412. The van der Waals surface area contributed by atoms with Crippen LogP contribution in [-0.2, 0) is 6.42 Å². The van der Waals surface area contributed by atoms with Crippen LogP contribution in [-0.4, -0.2) is 16.5 Å². The van der Waals surface area contributed by atoms with Gasteiger partial charge in [-0.15, -0.1) is 0 Å². The second-order valence-corrected chi connectivity index (χ2v) is 5.43. The van der Waals surface area contributed by atoms with Crippen molar-refractivity contribution in [1.82, 2.24) is 9.97 Å². The van der Waals surface area contributed by atoms with E-state index in [4.69, 9.17) is 0 Å². The van der Waals surface area contributed by atoms with Crippen LogP contribution in [0.15, 0.2) is 36.7 Å². The summed E-state index contributed by atoms with van der Waals surface area (Å²) in [6.45, 7) is 2.76. The van der Waals surface area contributed by atoms with Crippen LogP contribution in [0.25, 0.3) is 0 Å². The van der Waals surface area contributed by atoms with Gasteiger partial charge in [0, 0.05) is 6.54 Å². The Bertz CT molecular complexity index is 600. The molecule has 1 fully saturated rings. The second kappa shape index (κ2) is 6.20. The normalized spacial score (nSPS) is 18.8. The fourth-order valence-corrected chi connectivity index (χ4v) is 3.05. The van der Waals surface area contributed by atoms with E-state index in [1.165, 1.54) is 18.3 Å². The van der Waals surface area contributed by atoms with Gasteiger partial charge in [-0.25, -0.2) is 14.4 Å². The highest BCUT2D eigenvalue weighted by Gasteiger charge is 2.27. The van der Waals surface area contributed by atoms with Gasteiger partial charge in [-0.1, -0.05) is 37.3 Å². The Kier molecular flexibility index (Phi) is 4.13. The third kappa shape index (κ3) is 2.75. The summed E-state index contributed by atoms with van der Waals surface area (Å²) in [5.74, 6) is 0.193. The van der Waals surface area contributed by atoms with Gasteiger partial charge < -0.3 is 4.90 Å². The molecule has 3 nitrogen and oxygen atoms in total. The number of aromatic nitrogens is 2. The van der Waals surface area contributed by atoms with Gasteiger partial charge in [0.05, 0.1) is 11.7 Å². The van der Waals surface area contributed by atoms with E-state index in [2.05, 4.69) is 27.0 Å². The molecule has 0 radical (unpaired) electrons. The molecule has 2 heterocycles. The largest absolute Gasteiger partial charge is 0.347 e. The van der Waals surface area contributed by atoms with Gasteiger partial charge in [0.15, 0.2) is 11.6 Å². The molecule has 1 aromatic heterocycles. The number of hydrogen-bond donors (Lipinski definition) is 0. The molecule has 1 atom stereocenters. The van der Waals surface area contributed by atoms with E-state index in [1.807, 2.05) is 25.1 Å². The molecular formula is C17H20FN3. The molecule has 3 rings (SSSR count). The standard InChI is InChI=1S/C17H20FN3/c1-2-14-16(18)17(20-12-19-14)21-11-7-6-10-15(21)13-8-4-3-5-9-13/h3-5,8-9,12,15H,2,6-7,10-11H2,1H3/t15-/m1/s1. The number of benzene rings is 1. The Balaban J connectivity index is 1.99. The smallest absolute Gasteiger partial charge is 0.187 e. The van der Waals surface area contributed by atoms with Crippen LogP contribution < -0.4 is 4.90 Å². The number of halogens is 1. The predicted molar refractivity (Wildman–Crippen MR) is 81.7 cm³/mol. The number of piperidine rings is 1. The summed E-state index contributed by atoms with van der Waals surface area (Å²) in [7, 11) is 0. The first kappa shape index (κ1) is 14.0. The highest BCUT2D eigenvalue weighted by Crippen LogP contribution is 2.35. The van der Waals surface area contributed by atoms with Crippen LogP contribution >= 0.6 is 0 Å². The molecule has 21 heavy (non-hydrogen) atoms. The van der Waals surface area contributed by atoms with Crippen LogP contribution in [0.2, 0.25) is 0 Å². The predicted octanol–water partition coefficient (Wildman–Crippen LogP) is 3.91. The topological polar surface area (TPSA) is 29.0 Å². The van der Waals surface area contributed by atoms with Gasteiger partial charge in [0.1, 0.15) is 6.33 Å². The molecule has 4 heteroatoms. The number of rotatable bonds is 3. The number of anilines is 1. The van der Waals surface area contributed by atoms with E-state index in [0.717, 1.165) is 19.4 Å². The van der Waals surface area contributed by atoms with E-state index in [1.54, 1.807) is 0 Å². The lowest BCUT2D eigenvalue weighted by atomic mass is 9.95. The van der Waals surface area contributed by atoms with Crippen molar-refractivity contribution in [3.8, 4) is 0 Å². The zero-order valence-electron chi connectivity index (χ0n) is 12.3. The van der Waals surface area contributed by atoms with Gasteiger partial charge in [-0.2, -0.15) is 0 Å². The Morgan fingerprint density at radius 3 is 2.76 bits per heavy atom. The van der Waals surface area contributed by atoms with Crippen molar-refractivity contribution < 1.29 is 4.39 Å². The van der Waals surface area contributed by atoms with Crippen molar-refractivity contribution in [2.75, 3.05) is 11.4 Å². The maximum absolute atomic E-state index is 14.6. The molecule has 1 aromatic carbocycles. The zero-order valence-corrected chi connectivity index (χ0v) is 12.3. The van der Waals surface area contributed by atoms with Crippen molar-refractivity contribution in [2.24, 2.45) is 0 Å². The molecule has 0 spiro atoms. The Morgan fingerprint density at radius 1 is 1.19 bits per heavy atom. The molecule has 0 aliphatic carbocycles. The first-order valence-electron chi connectivity index (χ1n) is 7.62. The van der Waals surface area contributed by atoms with Crippen LogP contribution in [0.3, 0.4) is 0 Å². The molecule has 0 N–H and O–H groups in total. The number of hydrogen-bond acceptors (Lipinski definition) is 3. The molecule has 0 saturated carbocycles. The first-order chi connectivity index (χ1) is 10.3. The summed E-state index contributed by atoms with van der Waals surface area (Å²) in [5.41, 5.74) is 1.73. The lowest BCUT2D eigenvalue weighted by Crippen LogP contribution is -2.35. The summed E-state index contributed by atoms with van der Waals surface area (Å²) in [6.07, 6.45) is 5.35. The van der Waals surface area contributed by atoms with E-state index < -0.39 is 0 Å². The average Bonchev–Trinajstić information content (AvgIpc) is 2.56. The van der Waals surface area contributed by atoms with Crippen LogP contribution in [0.1, 0.15) is 43.5 Å². The van der Waals surface area contributed by atoms with Crippen LogP contribution in [0.4, 0.5) is 10.2 Å². The summed E-state index contributed by atoms with van der Waals surface area (Å²) >= 11 is 0. The van der Waals surface area contributed by atoms with E-state index >= 15 is 0 Å². The van der Waals surface area contributed by atoms with Gasteiger partial charge >= 0.3 is 0 Å². The molecule has 2 aromatic rings. The second-order valence-electron chi connectivity index (χ2n) is 5.43. The molecule has 1 aliphatic rings. The minimum Gasteiger partial charge on any atom is -0.347 e. The van der Waals surface area contributed by atoms with Crippen LogP contribution in [0, 0.1) is 5.82 Å². The zero-order chi connectivity index (χ0) is 14.7. The molecule has 1 aliphatic heterocycles. The maximum atomic E-state index is 14.6. The quantitative estimate of drug-likeness (QED) is 0.856. The summed E-state index contributed by atoms with van der Waals surface area (Å²) in [5, 5.41) is 0. The average molecular weight is 285 g/mol. The maximum Gasteiger partial charge on any atom is 0.187 e. The third-order valence-electron chi connectivity index (χ3n) is 4.14. The molecule has 1 saturated heterocycles. The van der Waals surface area contributed by atoms with Crippen LogP contribution in [0.5, 0.6) is 0 Å². The van der Waals surface area contributed by atoms with Gasteiger partial charge in [0.2, 0.25) is 0 Å². The molecular weight excluding hydrogens is 265 g/mol. The number of aryl methyl sites for hydroxylation is 1. The van der Waals surface area contributed by atoms with Crippen molar-refractivity contribution in [3.05, 3.63) is 53.7 Å². The lowest BCUT2D eigenvalue weighted by Gasteiger charge is -2.37. The molecule has 0 amide bonds. The van der Waals surface area contributed by atoms with Crippen molar-refractivity contribution in [1.29, 1.82) is 0 Å². The van der Waals surface area contributed by atoms with Crippen molar-refractivity contribution in [2.45, 2.75) is 38.6 Å². The lowest BCUT2D eigenvalue weighted by molar-refractivity contribution is 0.457. The van der Waals surface area contributed by atoms with Gasteiger partial charge in [-0.3, -0.25) is 0 Å². The molecule has 110 valence electrons. The monoisotopic (exact) mass is 285 g/mol. The van der Waals surface area contributed by atoms with E-state index in [-0.39, 0.29) is 11.9 Å². The highest BCUT2D eigenvalue weighted by molar-refractivity contribution is 5.45. The molecule has 0 unspecified atom stereocenters. The minimum atomic E-state index is -0.261. The first-order valence-corrected chi connectivity index (χ1v) is 7.62. The molecule has 0 bridgehead atoms. The summed E-state index contributed by atoms with van der Waals surface area (Å²) < 4.78 is 14.6.